The van der Waals surface area contributed by atoms with E-state index in [4.69, 9.17) is 10.2 Å². The van der Waals surface area contributed by atoms with Crippen molar-refractivity contribution < 1.29 is 15.0 Å². The van der Waals surface area contributed by atoms with Crippen LogP contribution in [0.3, 0.4) is 0 Å². The second-order valence-corrected chi connectivity index (χ2v) is 3.79. The maximum absolute atomic E-state index is 11.1. The Bertz CT molecular complexity index is 648. The summed E-state index contributed by atoms with van der Waals surface area (Å²) in [6.07, 6.45) is 0.412. The van der Waals surface area contributed by atoms with E-state index in [1.54, 1.807) is 24.3 Å². The summed E-state index contributed by atoms with van der Waals surface area (Å²) in [4.78, 5) is 11.1. The summed E-state index contributed by atoms with van der Waals surface area (Å²) in [6.45, 7) is 0.0259. The highest BCUT2D eigenvalue weighted by molar-refractivity contribution is 6.05. The Morgan fingerprint density at radius 2 is 1.83 bits per heavy atom. The van der Waals surface area contributed by atoms with Gasteiger partial charge < -0.3 is 10.2 Å². The number of rotatable bonds is 2. The molecule has 0 atom stereocenters. The van der Waals surface area contributed by atoms with Gasteiger partial charge in [0.1, 0.15) is 0 Å². The van der Waals surface area contributed by atoms with Gasteiger partial charge in [0.2, 0.25) is 0 Å². The van der Waals surface area contributed by atoms with Crippen LogP contribution in [0.15, 0.2) is 36.4 Å². The van der Waals surface area contributed by atoms with Gasteiger partial charge in [0.25, 0.3) is 0 Å². The third kappa shape index (κ3) is 2.34. The smallest absolute Gasteiger partial charge is 0.336 e. The standard InChI is InChI=1S/C15H12O3/c16-10-2-1-5-11-6-3-8-13-12(11)7-4-9-14(13)15(17)18/h3-4,6-9,16H,2,10H2,(H,17,18). The Balaban J connectivity index is 2.61. The lowest BCUT2D eigenvalue weighted by Gasteiger charge is -2.04. The van der Waals surface area contributed by atoms with Crippen molar-refractivity contribution in [3.8, 4) is 11.8 Å². The molecule has 0 fully saturated rings. The van der Waals surface area contributed by atoms with Crippen molar-refractivity contribution in [3.63, 3.8) is 0 Å². The third-order valence-corrected chi connectivity index (χ3v) is 2.61. The predicted molar refractivity (Wildman–Crippen MR) is 69.5 cm³/mol. The molecule has 0 amide bonds. The number of aromatic carboxylic acids is 1. The average molecular weight is 240 g/mol. The number of hydrogen-bond acceptors (Lipinski definition) is 2. The first-order chi connectivity index (χ1) is 8.74. The van der Waals surface area contributed by atoms with E-state index in [1.165, 1.54) is 0 Å². The molecule has 0 aliphatic heterocycles. The zero-order valence-corrected chi connectivity index (χ0v) is 9.68. The van der Waals surface area contributed by atoms with Crippen molar-refractivity contribution in [1.29, 1.82) is 0 Å². The molecule has 90 valence electrons. The van der Waals surface area contributed by atoms with Crippen molar-refractivity contribution in [2.75, 3.05) is 6.61 Å². The van der Waals surface area contributed by atoms with Crippen LogP contribution < -0.4 is 0 Å². The molecule has 0 spiro atoms. The lowest BCUT2D eigenvalue weighted by molar-refractivity contribution is 0.0699. The molecule has 0 bridgehead atoms. The van der Waals surface area contributed by atoms with Crippen LogP contribution >= 0.6 is 0 Å². The topological polar surface area (TPSA) is 57.5 Å². The predicted octanol–water partition coefficient (Wildman–Crippen LogP) is 2.27. The van der Waals surface area contributed by atoms with Gasteiger partial charge in [0, 0.05) is 12.0 Å². The molecule has 18 heavy (non-hydrogen) atoms. The van der Waals surface area contributed by atoms with Gasteiger partial charge in [-0.3, -0.25) is 0 Å². The number of carbonyl (C=O) groups is 1. The van der Waals surface area contributed by atoms with Crippen LogP contribution in [0.2, 0.25) is 0 Å². The molecule has 0 radical (unpaired) electrons. The lowest BCUT2D eigenvalue weighted by atomic mass is 10.0. The monoisotopic (exact) mass is 240 g/mol. The van der Waals surface area contributed by atoms with Gasteiger partial charge in [-0.1, -0.05) is 36.1 Å². The molecule has 3 nitrogen and oxygen atoms in total. The van der Waals surface area contributed by atoms with Crippen LogP contribution in [0.5, 0.6) is 0 Å². The summed E-state index contributed by atoms with van der Waals surface area (Å²) in [7, 11) is 0. The highest BCUT2D eigenvalue weighted by Gasteiger charge is 2.08. The van der Waals surface area contributed by atoms with Crippen LogP contribution in [-0.4, -0.2) is 22.8 Å². The Morgan fingerprint density at radius 3 is 2.56 bits per heavy atom. The fourth-order valence-corrected chi connectivity index (χ4v) is 1.82. The largest absolute Gasteiger partial charge is 0.478 e. The first-order valence-electron chi connectivity index (χ1n) is 5.59. The number of benzene rings is 2. The normalized spacial score (nSPS) is 9.83. The molecule has 0 unspecified atom stereocenters. The summed E-state index contributed by atoms with van der Waals surface area (Å²) >= 11 is 0. The maximum atomic E-state index is 11.1. The van der Waals surface area contributed by atoms with Crippen molar-refractivity contribution in [1.82, 2.24) is 0 Å². The van der Waals surface area contributed by atoms with Crippen LogP contribution in [-0.2, 0) is 0 Å². The minimum Gasteiger partial charge on any atom is -0.478 e. The summed E-state index contributed by atoms with van der Waals surface area (Å²) in [5.41, 5.74) is 1.06. The number of hydrogen-bond donors (Lipinski definition) is 2. The molecule has 2 N–H and O–H groups in total. The SMILES string of the molecule is O=C(O)c1cccc2c(C#CCCO)cccc12. The highest BCUT2D eigenvalue weighted by Crippen LogP contribution is 2.22. The number of fused-ring (bicyclic) bond motifs is 1. The van der Waals surface area contributed by atoms with E-state index in [0.29, 0.717) is 11.8 Å². The van der Waals surface area contributed by atoms with Gasteiger partial charge in [-0.25, -0.2) is 4.79 Å². The van der Waals surface area contributed by atoms with E-state index >= 15 is 0 Å². The lowest BCUT2D eigenvalue weighted by Crippen LogP contribution is -1.97. The summed E-state index contributed by atoms with van der Waals surface area (Å²) in [5, 5.41) is 19.3. The number of aliphatic hydroxyl groups excluding tert-OH is 1. The Labute approximate surface area is 105 Å². The molecule has 0 saturated heterocycles. The maximum Gasteiger partial charge on any atom is 0.336 e. The van der Waals surface area contributed by atoms with Crippen LogP contribution in [0.4, 0.5) is 0 Å². The van der Waals surface area contributed by atoms with E-state index in [2.05, 4.69) is 11.8 Å². The Kier molecular flexibility index (Phi) is 3.61. The summed E-state index contributed by atoms with van der Waals surface area (Å²) in [6, 6.07) is 10.6. The van der Waals surface area contributed by atoms with E-state index in [1.807, 2.05) is 12.1 Å². The zero-order valence-electron chi connectivity index (χ0n) is 9.68. The zero-order chi connectivity index (χ0) is 13.0. The highest BCUT2D eigenvalue weighted by atomic mass is 16.4. The molecule has 0 aliphatic rings. The van der Waals surface area contributed by atoms with Gasteiger partial charge in [-0.2, -0.15) is 0 Å². The second kappa shape index (κ2) is 5.35. The van der Waals surface area contributed by atoms with E-state index in [-0.39, 0.29) is 12.2 Å². The quantitative estimate of drug-likeness (QED) is 0.792. The van der Waals surface area contributed by atoms with Gasteiger partial charge >= 0.3 is 5.97 Å². The number of carboxylic acids is 1. The van der Waals surface area contributed by atoms with Crippen molar-refractivity contribution in [3.05, 3.63) is 47.5 Å². The molecule has 2 aromatic rings. The average Bonchev–Trinajstić information content (AvgIpc) is 2.38. The van der Waals surface area contributed by atoms with Gasteiger partial charge in [-0.05, 0) is 22.9 Å². The minimum atomic E-state index is -0.943. The number of carboxylic acid groups (broad SMARTS) is 1. The summed E-state index contributed by atoms with van der Waals surface area (Å²) in [5.74, 6) is 4.85. The molecule has 0 aliphatic carbocycles. The third-order valence-electron chi connectivity index (χ3n) is 2.61. The minimum absolute atomic E-state index is 0.0259. The molecular formula is C15H12O3. The fraction of sp³-hybridized carbons (Fsp3) is 0.133. The van der Waals surface area contributed by atoms with Crippen molar-refractivity contribution >= 4 is 16.7 Å². The first kappa shape index (κ1) is 12.2. The molecule has 2 aromatic carbocycles. The van der Waals surface area contributed by atoms with E-state index in [0.717, 1.165) is 10.9 Å². The second-order valence-electron chi connectivity index (χ2n) is 3.79. The van der Waals surface area contributed by atoms with Crippen LogP contribution in [0.1, 0.15) is 22.3 Å². The molecule has 2 rings (SSSR count). The Morgan fingerprint density at radius 1 is 1.11 bits per heavy atom. The van der Waals surface area contributed by atoms with E-state index in [9.17, 15) is 4.79 Å². The van der Waals surface area contributed by atoms with Gasteiger partial charge in [0.05, 0.1) is 12.2 Å². The molecule has 0 heterocycles. The molecule has 0 aromatic heterocycles. The van der Waals surface area contributed by atoms with Gasteiger partial charge in [0.15, 0.2) is 0 Å². The molecular weight excluding hydrogens is 228 g/mol. The summed E-state index contributed by atoms with van der Waals surface area (Å²) < 4.78 is 0. The van der Waals surface area contributed by atoms with Gasteiger partial charge in [-0.15, -0.1) is 0 Å². The Hall–Kier alpha value is -2.31. The molecule has 3 heteroatoms. The molecule has 0 saturated carbocycles. The van der Waals surface area contributed by atoms with E-state index < -0.39 is 5.97 Å². The van der Waals surface area contributed by atoms with Crippen LogP contribution in [0, 0.1) is 11.8 Å². The first-order valence-corrected chi connectivity index (χ1v) is 5.59. The number of aliphatic hydroxyl groups is 1. The van der Waals surface area contributed by atoms with Crippen molar-refractivity contribution in [2.24, 2.45) is 0 Å². The fourth-order valence-electron chi connectivity index (χ4n) is 1.82. The van der Waals surface area contributed by atoms with Crippen molar-refractivity contribution in [2.45, 2.75) is 6.42 Å². The van der Waals surface area contributed by atoms with Crippen LogP contribution in [0.25, 0.3) is 10.8 Å².